The zero-order valence-corrected chi connectivity index (χ0v) is 38.9. The molecule has 0 radical (unpaired) electrons. The Morgan fingerprint density at radius 2 is 0.829 bits per heavy atom. The van der Waals surface area contributed by atoms with E-state index in [0.717, 1.165) is 84.2 Å². The Balaban J connectivity index is 1.04. The van der Waals surface area contributed by atoms with E-state index in [1.54, 1.807) is 38.1 Å². The number of rotatable bonds is 13. The molecule has 0 bridgehead atoms. The molecule has 7 nitrogen and oxygen atoms in total. The van der Waals surface area contributed by atoms with Gasteiger partial charge in [0.1, 0.15) is 0 Å². The van der Waals surface area contributed by atoms with Gasteiger partial charge in [0.15, 0.2) is 12.6 Å². The lowest BCUT2D eigenvalue weighted by atomic mass is 9.89. The molecule has 0 aromatic heterocycles. The molecule has 0 unspecified atom stereocenters. The van der Waals surface area contributed by atoms with E-state index in [9.17, 15) is 19.2 Å². The molecule has 7 heteroatoms. The van der Waals surface area contributed by atoms with Crippen molar-refractivity contribution in [3.05, 3.63) is 222 Å². The Morgan fingerprint density at radius 1 is 0.414 bits per heavy atom. The summed E-state index contributed by atoms with van der Waals surface area (Å²) in [5, 5.41) is 6.40. The number of benzene rings is 10. The molecule has 0 aliphatic rings. The van der Waals surface area contributed by atoms with E-state index in [1.165, 1.54) is 0 Å². The lowest BCUT2D eigenvalue weighted by Crippen LogP contribution is -2.12. The first-order chi connectivity index (χ1) is 34.2. The molecule has 0 N–H and O–H groups in total. The molecule has 0 atom stereocenters. The Hall–Kier alpha value is -8.94. The fraction of sp³-hybridized carbons (Fsp3) is 0.0794. The molecule has 10 aromatic rings. The summed E-state index contributed by atoms with van der Waals surface area (Å²) in [7, 11) is 0. The van der Waals surface area contributed by atoms with Crippen molar-refractivity contribution < 1.29 is 28.7 Å². The van der Waals surface area contributed by atoms with Crippen molar-refractivity contribution in [1.82, 2.24) is 0 Å². The average molecular weight is 914 g/mol. The van der Waals surface area contributed by atoms with Crippen LogP contribution in [-0.2, 0) is 9.47 Å². The average Bonchev–Trinajstić information content (AvgIpc) is 3.41. The number of nitrogens with zero attached hydrogens (tertiary/aromatic N) is 1. The summed E-state index contributed by atoms with van der Waals surface area (Å²) in [6.07, 6.45) is 1.68. The van der Waals surface area contributed by atoms with Gasteiger partial charge < -0.3 is 14.4 Å². The highest BCUT2D eigenvalue weighted by molar-refractivity contribution is 6.11. The van der Waals surface area contributed by atoms with Crippen LogP contribution in [0.15, 0.2) is 194 Å². The summed E-state index contributed by atoms with van der Waals surface area (Å²) < 4.78 is 11.3. The molecule has 10 rings (SSSR count). The van der Waals surface area contributed by atoms with Crippen LogP contribution in [-0.4, -0.2) is 37.7 Å². The van der Waals surface area contributed by atoms with E-state index < -0.39 is 11.9 Å². The second kappa shape index (κ2) is 19.3. The van der Waals surface area contributed by atoms with Crippen molar-refractivity contribution in [2.45, 2.75) is 20.8 Å². The normalized spacial score (nSPS) is 11.1. The molecule has 0 fully saturated rings. The smallest absolute Gasteiger partial charge is 0.338 e. The maximum atomic E-state index is 13.9. The number of carbonyl (C=O) groups is 4. The van der Waals surface area contributed by atoms with Gasteiger partial charge in [-0.2, -0.15) is 0 Å². The third kappa shape index (κ3) is 8.61. The van der Waals surface area contributed by atoms with Crippen LogP contribution in [0.25, 0.3) is 76.8 Å². The van der Waals surface area contributed by atoms with Crippen molar-refractivity contribution in [1.29, 1.82) is 0 Å². The topological polar surface area (TPSA) is 90.0 Å². The van der Waals surface area contributed by atoms with Crippen LogP contribution < -0.4 is 4.90 Å². The van der Waals surface area contributed by atoms with Crippen LogP contribution in [0.2, 0.25) is 0 Å². The minimum absolute atomic E-state index is 0.170. The van der Waals surface area contributed by atoms with Crippen LogP contribution in [0.3, 0.4) is 0 Å². The maximum absolute atomic E-state index is 13.9. The number of esters is 2. The van der Waals surface area contributed by atoms with Gasteiger partial charge in [-0.3, -0.25) is 9.59 Å². The predicted octanol–water partition coefficient (Wildman–Crippen LogP) is 15.6. The van der Waals surface area contributed by atoms with E-state index >= 15 is 0 Å². The van der Waals surface area contributed by atoms with E-state index in [-0.39, 0.29) is 13.2 Å². The zero-order chi connectivity index (χ0) is 48.3. The van der Waals surface area contributed by atoms with Gasteiger partial charge in [0.25, 0.3) is 0 Å². The highest BCUT2D eigenvalue weighted by Crippen LogP contribution is 2.41. The molecule has 0 saturated heterocycles. The van der Waals surface area contributed by atoms with Gasteiger partial charge >= 0.3 is 11.9 Å². The minimum atomic E-state index is -0.507. The fourth-order valence-corrected chi connectivity index (χ4v) is 9.41. The van der Waals surface area contributed by atoms with Gasteiger partial charge in [-0.05, 0) is 170 Å². The number of hydrogen-bond acceptors (Lipinski definition) is 7. The summed E-state index contributed by atoms with van der Waals surface area (Å²) in [5.41, 5.74) is 10.8. The number of aldehydes is 2. The molecule has 70 heavy (non-hydrogen) atoms. The summed E-state index contributed by atoms with van der Waals surface area (Å²) in [4.78, 5) is 55.3. The summed E-state index contributed by atoms with van der Waals surface area (Å²) in [6.45, 7) is 5.93. The quantitative estimate of drug-likeness (QED) is 0.0646. The third-order valence-corrected chi connectivity index (χ3v) is 12.9. The predicted molar refractivity (Wildman–Crippen MR) is 283 cm³/mol. The molecule has 0 heterocycles. The van der Waals surface area contributed by atoms with Crippen molar-refractivity contribution in [3.63, 3.8) is 0 Å². The Kier molecular flexibility index (Phi) is 12.4. The molecule has 0 saturated carbocycles. The molecule has 0 aliphatic carbocycles. The van der Waals surface area contributed by atoms with Crippen molar-refractivity contribution >= 4 is 73.9 Å². The van der Waals surface area contributed by atoms with Gasteiger partial charge in [-0.1, -0.05) is 127 Å². The highest BCUT2D eigenvalue weighted by Gasteiger charge is 2.24. The second-order valence-corrected chi connectivity index (χ2v) is 17.2. The largest absolute Gasteiger partial charge is 0.462 e. The van der Waals surface area contributed by atoms with Crippen LogP contribution >= 0.6 is 0 Å². The van der Waals surface area contributed by atoms with E-state index in [2.05, 4.69) is 59.5 Å². The summed E-state index contributed by atoms with van der Waals surface area (Å²) in [5.74, 6) is -1.01. The molecular formula is C63H47NO6. The third-order valence-electron chi connectivity index (χ3n) is 12.9. The lowest BCUT2D eigenvalue weighted by Gasteiger charge is -2.26. The summed E-state index contributed by atoms with van der Waals surface area (Å²) in [6, 6.07) is 63.6. The molecule has 0 spiro atoms. The molecular weight excluding hydrogens is 867 g/mol. The standard InChI is InChI=1S/C63H47NO6/c1-4-69-62(67)60-37-59(48-21-19-44-18-17-42-11-8-9-13-54(42)57(44)33-48)61(63(68)70-5-2)36-58(60)45-24-30-53(31-25-45)64(51-26-14-40(3)15-27-51)52-28-22-43(23-29-52)55-34-50(39-66)56(35-49(55)38-65)47-20-16-41-10-6-7-12-46(41)32-47/h6-39H,4-5H2,1-3H3. The fourth-order valence-electron chi connectivity index (χ4n) is 9.41. The van der Waals surface area contributed by atoms with Gasteiger partial charge in [0, 0.05) is 28.2 Å². The van der Waals surface area contributed by atoms with Gasteiger partial charge in [0.05, 0.1) is 24.3 Å². The number of hydrogen-bond donors (Lipinski definition) is 0. The number of carbonyl (C=O) groups excluding carboxylic acids is 4. The number of ether oxygens (including phenoxy) is 2. The van der Waals surface area contributed by atoms with E-state index in [4.69, 9.17) is 9.47 Å². The Morgan fingerprint density at radius 3 is 1.39 bits per heavy atom. The molecule has 0 aliphatic heterocycles. The van der Waals surface area contributed by atoms with Crippen molar-refractivity contribution in [2.24, 2.45) is 0 Å². The number of anilines is 3. The van der Waals surface area contributed by atoms with Crippen molar-refractivity contribution in [2.75, 3.05) is 18.1 Å². The first-order valence-electron chi connectivity index (χ1n) is 23.3. The first kappa shape index (κ1) is 44.9. The minimum Gasteiger partial charge on any atom is -0.462 e. The van der Waals surface area contributed by atoms with Crippen LogP contribution in [0.1, 0.15) is 60.8 Å². The number of fused-ring (bicyclic) bond motifs is 4. The van der Waals surface area contributed by atoms with Gasteiger partial charge in [-0.25, -0.2) is 9.59 Å². The van der Waals surface area contributed by atoms with E-state index in [0.29, 0.717) is 50.1 Å². The molecule has 0 amide bonds. The molecule has 10 aromatic carbocycles. The monoisotopic (exact) mass is 913 g/mol. The highest BCUT2D eigenvalue weighted by atomic mass is 16.5. The van der Waals surface area contributed by atoms with Gasteiger partial charge in [0.2, 0.25) is 0 Å². The van der Waals surface area contributed by atoms with Crippen LogP contribution in [0, 0.1) is 6.92 Å². The zero-order valence-electron chi connectivity index (χ0n) is 38.9. The lowest BCUT2D eigenvalue weighted by molar-refractivity contribution is 0.0513. The van der Waals surface area contributed by atoms with Crippen molar-refractivity contribution in [3.8, 4) is 44.5 Å². The number of aryl methyl sites for hydroxylation is 1. The molecule has 340 valence electrons. The van der Waals surface area contributed by atoms with Gasteiger partial charge in [-0.15, -0.1) is 0 Å². The van der Waals surface area contributed by atoms with Crippen LogP contribution in [0.4, 0.5) is 17.1 Å². The Labute approximate surface area is 406 Å². The SMILES string of the molecule is CCOC(=O)c1cc(-c2ccc3ccc4ccccc4c3c2)c(C(=O)OCC)cc1-c1ccc(N(c2ccc(C)cc2)c2ccc(-c3cc(C=O)c(-c4ccc5ccccc5c4)cc3C=O)cc2)cc1. The Bertz CT molecular complexity index is 3650. The first-order valence-corrected chi connectivity index (χ1v) is 23.3. The van der Waals surface area contributed by atoms with E-state index in [1.807, 2.05) is 122 Å². The van der Waals surface area contributed by atoms with Crippen LogP contribution in [0.5, 0.6) is 0 Å². The maximum Gasteiger partial charge on any atom is 0.338 e. The second-order valence-electron chi connectivity index (χ2n) is 17.2. The summed E-state index contributed by atoms with van der Waals surface area (Å²) >= 11 is 0.